The molecule has 0 aromatic heterocycles. The number of morpholine rings is 1. The highest BCUT2D eigenvalue weighted by molar-refractivity contribution is 7.90. The number of sulfonamides is 1. The molecule has 1 aliphatic heterocycles. The first-order valence-electron chi connectivity index (χ1n) is 6.10. The number of ether oxygens (including phenoxy) is 2. The van der Waals surface area contributed by atoms with Crippen molar-refractivity contribution in [3.63, 3.8) is 0 Å². The van der Waals surface area contributed by atoms with Gasteiger partial charge in [0.25, 0.3) is 10.0 Å². The number of hydrogen-bond acceptors (Lipinski definition) is 4. The number of methoxy groups -OCH3 is 1. The summed E-state index contributed by atoms with van der Waals surface area (Å²) in [6, 6.07) is 6.00. The van der Waals surface area contributed by atoms with Gasteiger partial charge in [-0.25, -0.2) is 0 Å². The number of hydrogen-bond donors (Lipinski definition) is 1. The van der Waals surface area contributed by atoms with Crippen LogP contribution in [0.5, 0.6) is 5.75 Å². The molecular weight excluding hydrogens is 282 g/mol. The van der Waals surface area contributed by atoms with Crippen molar-refractivity contribution in [3.05, 3.63) is 24.3 Å². The van der Waals surface area contributed by atoms with E-state index in [1.54, 1.807) is 17.0 Å². The van der Waals surface area contributed by atoms with Crippen LogP contribution in [0.2, 0.25) is 0 Å². The lowest BCUT2D eigenvalue weighted by Gasteiger charge is -2.27. The molecule has 0 radical (unpaired) electrons. The van der Waals surface area contributed by atoms with Crippen molar-refractivity contribution in [1.82, 2.24) is 4.90 Å². The first-order chi connectivity index (χ1) is 9.53. The van der Waals surface area contributed by atoms with Crippen molar-refractivity contribution in [2.24, 2.45) is 10.1 Å². The fraction of sp³-hybridized carbons (Fsp3) is 0.417. The van der Waals surface area contributed by atoms with E-state index >= 15 is 0 Å². The van der Waals surface area contributed by atoms with E-state index in [-0.39, 0.29) is 10.9 Å². The predicted octanol–water partition coefficient (Wildman–Crippen LogP) is 0.0308. The van der Waals surface area contributed by atoms with Gasteiger partial charge in [0, 0.05) is 13.1 Å². The van der Waals surface area contributed by atoms with Crippen molar-refractivity contribution in [2.75, 3.05) is 33.4 Å². The van der Waals surface area contributed by atoms with E-state index < -0.39 is 10.0 Å². The molecular formula is C12H17N3O4S. The first kappa shape index (κ1) is 14.6. The van der Waals surface area contributed by atoms with E-state index in [1.807, 2.05) is 0 Å². The first-order valence-corrected chi connectivity index (χ1v) is 7.54. The van der Waals surface area contributed by atoms with Crippen LogP contribution < -0.4 is 10.5 Å². The molecule has 2 rings (SSSR count). The SMILES string of the molecule is COc1ccc(S(=O)(=O)N=C(N)N2CCOCC2)cc1. The summed E-state index contributed by atoms with van der Waals surface area (Å²) in [5.41, 5.74) is 5.74. The van der Waals surface area contributed by atoms with E-state index in [0.717, 1.165) is 0 Å². The van der Waals surface area contributed by atoms with Crippen molar-refractivity contribution < 1.29 is 17.9 Å². The Balaban J connectivity index is 2.20. The third-order valence-electron chi connectivity index (χ3n) is 2.91. The topological polar surface area (TPSA) is 94.2 Å². The Bertz CT molecular complexity index is 577. The maximum absolute atomic E-state index is 12.1. The molecule has 0 saturated carbocycles. The van der Waals surface area contributed by atoms with Gasteiger partial charge >= 0.3 is 0 Å². The summed E-state index contributed by atoms with van der Waals surface area (Å²) in [6.45, 7) is 2.10. The van der Waals surface area contributed by atoms with E-state index in [4.69, 9.17) is 15.2 Å². The average molecular weight is 299 g/mol. The van der Waals surface area contributed by atoms with Gasteiger partial charge in [-0.05, 0) is 24.3 Å². The van der Waals surface area contributed by atoms with Crippen LogP contribution in [0, 0.1) is 0 Å². The Hall–Kier alpha value is -1.80. The van der Waals surface area contributed by atoms with Crippen LogP contribution in [-0.4, -0.2) is 52.7 Å². The normalized spacial score (nSPS) is 17.1. The highest BCUT2D eigenvalue weighted by Crippen LogP contribution is 2.17. The second-order valence-corrected chi connectivity index (χ2v) is 5.80. The lowest BCUT2D eigenvalue weighted by molar-refractivity contribution is 0.0676. The van der Waals surface area contributed by atoms with Crippen LogP contribution in [0.1, 0.15) is 0 Å². The summed E-state index contributed by atoms with van der Waals surface area (Å²) in [6.07, 6.45) is 0. The number of guanidine groups is 1. The van der Waals surface area contributed by atoms with Gasteiger partial charge in [0.2, 0.25) is 5.96 Å². The Morgan fingerprint density at radius 3 is 2.45 bits per heavy atom. The van der Waals surface area contributed by atoms with E-state index in [2.05, 4.69) is 4.40 Å². The Morgan fingerprint density at radius 1 is 1.30 bits per heavy atom. The van der Waals surface area contributed by atoms with Gasteiger partial charge in [0.15, 0.2) is 0 Å². The van der Waals surface area contributed by atoms with Crippen molar-refractivity contribution in [2.45, 2.75) is 4.90 Å². The molecule has 0 unspecified atom stereocenters. The van der Waals surface area contributed by atoms with Gasteiger partial charge in [-0.1, -0.05) is 0 Å². The molecule has 7 nitrogen and oxygen atoms in total. The standard InChI is InChI=1S/C12H17N3O4S/c1-18-10-2-4-11(5-3-10)20(16,17)14-12(13)15-6-8-19-9-7-15/h2-5H,6-9H2,1H3,(H2,13,14). The Morgan fingerprint density at radius 2 is 1.90 bits per heavy atom. The van der Waals surface area contributed by atoms with Gasteiger partial charge in [-0.2, -0.15) is 8.42 Å². The quantitative estimate of drug-likeness (QED) is 0.625. The highest BCUT2D eigenvalue weighted by Gasteiger charge is 2.18. The molecule has 20 heavy (non-hydrogen) atoms. The van der Waals surface area contributed by atoms with Gasteiger partial charge < -0.3 is 20.1 Å². The van der Waals surface area contributed by atoms with Crippen LogP contribution in [0.4, 0.5) is 0 Å². The van der Waals surface area contributed by atoms with Gasteiger partial charge in [-0.3, -0.25) is 0 Å². The zero-order chi connectivity index (χ0) is 14.6. The minimum absolute atomic E-state index is 0.0101. The zero-order valence-corrected chi connectivity index (χ0v) is 12.0. The van der Waals surface area contributed by atoms with Crippen molar-refractivity contribution >= 4 is 16.0 Å². The molecule has 0 atom stereocenters. The Labute approximate surface area is 118 Å². The molecule has 0 spiro atoms. The maximum Gasteiger partial charge on any atom is 0.285 e. The number of benzene rings is 1. The minimum Gasteiger partial charge on any atom is -0.497 e. The fourth-order valence-corrected chi connectivity index (χ4v) is 2.72. The van der Waals surface area contributed by atoms with Crippen LogP contribution in [0.3, 0.4) is 0 Å². The number of nitrogens with zero attached hydrogens (tertiary/aromatic N) is 2. The van der Waals surface area contributed by atoms with Crippen LogP contribution >= 0.6 is 0 Å². The fourth-order valence-electron chi connectivity index (χ4n) is 1.77. The molecule has 1 saturated heterocycles. The minimum atomic E-state index is -3.81. The van der Waals surface area contributed by atoms with E-state index in [9.17, 15) is 8.42 Å². The third kappa shape index (κ3) is 3.40. The van der Waals surface area contributed by atoms with Crippen LogP contribution in [0.15, 0.2) is 33.6 Å². The molecule has 1 fully saturated rings. The second kappa shape index (κ2) is 6.10. The largest absolute Gasteiger partial charge is 0.497 e. The summed E-state index contributed by atoms with van der Waals surface area (Å²) in [7, 11) is -2.30. The Kier molecular flexibility index (Phi) is 4.46. The van der Waals surface area contributed by atoms with Gasteiger partial charge in [-0.15, -0.1) is 4.40 Å². The molecule has 1 aliphatic rings. The third-order valence-corrected chi connectivity index (χ3v) is 4.20. The van der Waals surface area contributed by atoms with Crippen molar-refractivity contribution in [3.8, 4) is 5.75 Å². The molecule has 0 bridgehead atoms. The average Bonchev–Trinajstić information content (AvgIpc) is 2.48. The lowest BCUT2D eigenvalue weighted by atomic mass is 10.3. The molecule has 1 heterocycles. The summed E-state index contributed by atoms with van der Waals surface area (Å²) < 4.78 is 38.0. The molecule has 1 aromatic carbocycles. The van der Waals surface area contributed by atoms with Crippen LogP contribution in [0.25, 0.3) is 0 Å². The number of nitrogens with two attached hydrogens (primary N) is 1. The molecule has 1 aromatic rings. The summed E-state index contributed by atoms with van der Waals surface area (Å²) >= 11 is 0. The highest BCUT2D eigenvalue weighted by atomic mass is 32.2. The van der Waals surface area contributed by atoms with Gasteiger partial charge in [0.1, 0.15) is 5.75 Å². The summed E-state index contributed by atoms with van der Waals surface area (Å²) in [5, 5.41) is 0. The predicted molar refractivity (Wildman–Crippen MR) is 74.2 cm³/mol. The molecule has 110 valence electrons. The molecule has 8 heteroatoms. The molecule has 0 aliphatic carbocycles. The van der Waals surface area contributed by atoms with Gasteiger partial charge in [0.05, 0.1) is 25.2 Å². The molecule has 2 N–H and O–H groups in total. The monoisotopic (exact) mass is 299 g/mol. The maximum atomic E-state index is 12.1. The van der Waals surface area contributed by atoms with E-state index in [0.29, 0.717) is 32.1 Å². The van der Waals surface area contributed by atoms with Crippen molar-refractivity contribution in [1.29, 1.82) is 0 Å². The lowest BCUT2D eigenvalue weighted by Crippen LogP contribution is -2.45. The summed E-state index contributed by atoms with van der Waals surface area (Å²) in [5.74, 6) is 0.568. The second-order valence-electron chi connectivity index (χ2n) is 4.20. The zero-order valence-electron chi connectivity index (χ0n) is 11.2. The van der Waals surface area contributed by atoms with Crippen LogP contribution in [-0.2, 0) is 14.8 Å². The smallest absolute Gasteiger partial charge is 0.285 e. The van der Waals surface area contributed by atoms with E-state index in [1.165, 1.54) is 19.2 Å². The summed E-state index contributed by atoms with van der Waals surface area (Å²) in [4.78, 5) is 1.76. The molecule has 0 amide bonds. The number of rotatable bonds is 3.